The third-order valence-electron chi connectivity index (χ3n) is 4.03. The normalized spacial score (nSPS) is 10.6. The Kier molecular flexibility index (Phi) is 6.08. The lowest BCUT2D eigenvalue weighted by atomic mass is 10.1. The molecule has 0 amide bonds. The van der Waals surface area contributed by atoms with E-state index in [2.05, 4.69) is 15.5 Å². The summed E-state index contributed by atoms with van der Waals surface area (Å²) in [7, 11) is 3.26. The van der Waals surface area contributed by atoms with Gasteiger partial charge in [-0.2, -0.15) is 0 Å². The van der Waals surface area contributed by atoms with Gasteiger partial charge in [-0.3, -0.25) is 4.79 Å². The van der Waals surface area contributed by atoms with Crippen molar-refractivity contribution in [2.45, 2.75) is 24.4 Å². The molecule has 3 aromatic rings. The highest BCUT2D eigenvalue weighted by Crippen LogP contribution is 2.28. The summed E-state index contributed by atoms with van der Waals surface area (Å²) in [6, 6.07) is 13.2. The molecule has 3 rings (SSSR count). The maximum atomic E-state index is 11.6. The number of tetrazole rings is 1. The summed E-state index contributed by atoms with van der Waals surface area (Å²) in [5.74, 6) is 2.16. The number of methoxy groups -OCH3 is 2. The van der Waals surface area contributed by atoms with Crippen LogP contribution in [0.15, 0.2) is 47.6 Å². The van der Waals surface area contributed by atoms with Gasteiger partial charge in [-0.15, -0.1) is 5.10 Å². The number of Topliss-reactive ketones (excluding diaryl/α,β-unsaturated/α-hetero) is 1. The van der Waals surface area contributed by atoms with Gasteiger partial charge in [0.05, 0.1) is 20.8 Å². The van der Waals surface area contributed by atoms with Crippen molar-refractivity contribution in [1.29, 1.82) is 0 Å². The SMILES string of the molecule is COc1ccc(Cn2nnnc2SCc2cc(C(C)=O)ccc2OC)cc1. The van der Waals surface area contributed by atoms with Gasteiger partial charge in [-0.05, 0) is 53.2 Å². The molecule has 0 saturated carbocycles. The van der Waals surface area contributed by atoms with Crippen LogP contribution in [0.3, 0.4) is 0 Å². The number of ether oxygens (including phenoxy) is 2. The predicted octanol–water partition coefficient (Wildman–Crippen LogP) is 3.23. The molecule has 0 radical (unpaired) electrons. The van der Waals surface area contributed by atoms with Crippen LogP contribution in [0.4, 0.5) is 0 Å². The topological polar surface area (TPSA) is 79.1 Å². The molecule has 0 bridgehead atoms. The van der Waals surface area contributed by atoms with Crippen LogP contribution in [0.5, 0.6) is 11.5 Å². The highest BCUT2D eigenvalue weighted by Gasteiger charge is 2.12. The second kappa shape index (κ2) is 8.68. The maximum absolute atomic E-state index is 11.6. The maximum Gasteiger partial charge on any atom is 0.209 e. The monoisotopic (exact) mass is 384 g/mol. The molecule has 140 valence electrons. The molecular weight excluding hydrogens is 364 g/mol. The third kappa shape index (κ3) is 4.65. The minimum atomic E-state index is 0.0215. The van der Waals surface area contributed by atoms with Gasteiger partial charge in [-0.1, -0.05) is 23.9 Å². The zero-order valence-electron chi connectivity index (χ0n) is 15.4. The van der Waals surface area contributed by atoms with Crippen molar-refractivity contribution in [2.75, 3.05) is 14.2 Å². The van der Waals surface area contributed by atoms with E-state index in [1.54, 1.807) is 31.9 Å². The van der Waals surface area contributed by atoms with Crippen LogP contribution < -0.4 is 9.47 Å². The van der Waals surface area contributed by atoms with E-state index < -0.39 is 0 Å². The summed E-state index contributed by atoms with van der Waals surface area (Å²) >= 11 is 1.49. The minimum absolute atomic E-state index is 0.0215. The summed E-state index contributed by atoms with van der Waals surface area (Å²) in [4.78, 5) is 11.6. The van der Waals surface area contributed by atoms with Crippen molar-refractivity contribution >= 4 is 17.5 Å². The Hall–Kier alpha value is -2.87. The zero-order valence-corrected chi connectivity index (χ0v) is 16.2. The van der Waals surface area contributed by atoms with E-state index in [0.29, 0.717) is 23.0 Å². The molecule has 0 saturated heterocycles. The molecule has 1 aromatic heterocycles. The number of ketones is 1. The van der Waals surface area contributed by atoms with Gasteiger partial charge in [0.25, 0.3) is 0 Å². The Morgan fingerprint density at radius 3 is 2.56 bits per heavy atom. The first-order valence-corrected chi connectivity index (χ1v) is 9.29. The lowest BCUT2D eigenvalue weighted by molar-refractivity contribution is 0.101. The number of thioether (sulfide) groups is 1. The van der Waals surface area contributed by atoms with Gasteiger partial charge in [0.2, 0.25) is 5.16 Å². The molecule has 0 atom stereocenters. The van der Waals surface area contributed by atoms with E-state index in [4.69, 9.17) is 9.47 Å². The van der Waals surface area contributed by atoms with Crippen molar-refractivity contribution in [3.8, 4) is 11.5 Å². The van der Waals surface area contributed by atoms with Gasteiger partial charge in [0.15, 0.2) is 5.78 Å². The first-order chi connectivity index (χ1) is 13.1. The first kappa shape index (κ1) is 18.9. The van der Waals surface area contributed by atoms with Gasteiger partial charge < -0.3 is 9.47 Å². The molecule has 0 aliphatic carbocycles. The van der Waals surface area contributed by atoms with Crippen molar-refractivity contribution in [3.05, 3.63) is 59.2 Å². The Morgan fingerprint density at radius 2 is 1.89 bits per heavy atom. The van der Waals surface area contributed by atoms with Gasteiger partial charge >= 0.3 is 0 Å². The van der Waals surface area contributed by atoms with Crippen LogP contribution in [0, 0.1) is 0 Å². The first-order valence-electron chi connectivity index (χ1n) is 8.30. The molecule has 8 heteroatoms. The molecular formula is C19H20N4O3S. The molecule has 0 spiro atoms. The smallest absolute Gasteiger partial charge is 0.209 e. The molecule has 2 aromatic carbocycles. The zero-order chi connectivity index (χ0) is 19.2. The average molecular weight is 384 g/mol. The summed E-state index contributed by atoms with van der Waals surface area (Å²) in [5, 5.41) is 12.7. The lowest BCUT2D eigenvalue weighted by Crippen LogP contribution is -2.04. The number of hydrogen-bond donors (Lipinski definition) is 0. The fraction of sp³-hybridized carbons (Fsp3) is 0.263. The summed E-state index contributed by atoms with van der Waals surface area (Å²) in [6.45, 7) is 2.11. The summed E-state index contributed by atoms with van der Waals surface area (Å²) < 4.78 is 12.3. The fourth-order valence-corrected chi connectivity index (χ4v) is 3.41. The van der Waals surface area contributed by atoms with Gasteiger partial charge in [0.1, 0.15) is 11.5 Å². The van der Waals surface area contributed by atoms with E-state index >= 15 is 0 Å². The second-order valence-electron chi connectivity index (χ2n) is 5.84. The average Bonchev–Trinajstić information content (AvgIpc) is 3.13. The minimum Gasteiger partial charge on any atom is -0.497 e. The summed E-state index contributed by atoms with van der Waals surface area (Å²) in [5.41, 5.74) is 2.65. The number of aromatic nitrogens is 4. The Morgan fingerprint density at radius 1 is 1.11 bits per heavy atom. The van der Waals surface area contributed by atoms with Crippen molar-refractivity contribution < 1.29 is 14.3 Å². The molecule has 0 unspecified atom stereocenters. The molecule has 7 nitrogen and oxygen atoms in total. The number of hydrogen-bond acceptors (Lipinski definition) is 7. The molecule has 1 heterocycles. The van der Waals surface area contributed by atoms with Crippen LogP contribution in [-0.4, -0.2) is 40.2 Å². The Labute approximate surface area is 161 Å². The molecule has 0 aliphatic heterocycles. The number of benzene rings is 2. The lowest BCUT2D eigenvalue weighted by Gasteiger charge is -2.10. The van der Waals surface area contributed by atoms with E-state index in [-0.39, 0.29) is 5.78 Å². The van der Waals surface area contributed by atoms with Gasteiger partial charge in [-0.25, -0.2) is 4.68 Å². The Bertz CT molecular complexity index is 925. The van der Waals surface area contributed by atoms with E-state index in [1.165, 1.54) is 11.8 Å². The van der Waals surface area contributed by atoms with Crippen molar-refractivity contribution in [3.63, 3.8) is 0 Å². The van der Waals surface area contributed by atoms with Crippen LogP contribution in [0.1, 0.15) is 28.4 Å². The number of nitrogens with zero attached hydrogens (tertiary/aromatic N) is 4. The van der Waals surface area contributed by atoms with E-state index in [0.717, 1.165) is 22.6 Å². The van der Waals surface area contributed by atoms with E-state index in [1.807, 2.05) is 36.4 Å². The standard InChI is InChI=1S/C19H20N4O3S/c1-13(24)15-6-9-18(26-3)16(10-15)12-27-19-20-21-22-23(19)11-14-4-7-17(25-2)8-5-14/h4-10H,11-12H2,1-3H3. The molecule has 0 fully saturated rings. The van der Waals surface area contributed by atoms with Crippen LogP contribution >= 0.6 is 11.8 Å². The fourth-order valence-electron chi connectivity index (χ4n) is 2.56. The quantitative estimate of drug-likeness (QED) is 0.436. The van der Waals surface area contributed by atoms with Crippen LogP contribution in [-0.2, 0) is 12.3 Å². The second-order valence-corrected chi connectivity index (χ2v) is 6.78. The van der Waals surface area contributed by atoms with Gasteiger partial charge in [0, 0.05) is 16.9 Å². The highest BCUT2D eigenvalue weighted by molar-refractivity contribution is 7.98. The van der Waals surface area contributed by atoms with E-state index in [9.17, 15) is 4.79 Å². The van der Waals surface area contributed by atoms with Crippen LogP contribution in [0.2, 0.25) is 0 Å². The largest absolute Gasteiger partial charge is 0.497 e. The number of carbonyl (C=O) groups excluding carboxylic acids is 1. The Balaban J connectivity index is 1.73. The molecule has 0 N–H and O–H groups in total. The predicted molar refractivity (Wildman–Crippen MR) is 102 cm³/mol. The number of carbonyl (C=O) groups is 1. The highest BCUT2D eigenvalue weighted by atomic mass is 32.2. The van der Waals surface area contributed by atoms with Crippen molar-refractivity contribution in [2.24, 2.45) is 0 Å². The van der Waals surface area contributed by atoms with Crippen molar-refractivity contribution in [1.82, 2.24) is 20.2 Å². The molecule has 27 heavy (non-hydrogen) atoms. The number of rotatable bonds is 8. The third-order valence-corrected chi connectivity index (χ3v) is 5.04. The molecule has 0 aliphatic rings. The van der Waals surface area contributed by atoms with Crippen LogP contribution in [0.25, 0.3) is 0 Å². The summed E-state index contributed by atoms with van der Waals surface area (Å²) in [6.07, 6.45) is 0.